The Hall–Kier alpha value is -3.00. The highest BCUT2D eigenvalue weighted by Crippen LogP contribution is 2.22. The second kappa shape index (κ2) is 9.87. The summed E-state index contributed by atoms with van der Waals surface area (Å²) in [4.78, 5) is 39.5. The van der Waals surface area contributed by atoms with E-state index in [2.05, 4.69) is 10.6 Å². The Labute approximate surface area is 183 Å². The molecule has 0 spiro atoms. The third kappa shape index (κ3) is 5.38. The van der Waals surface area contributed by atoms with E-state index in [4.69, 9.17) is 11.6 Å². The molecular weight excluding hydrogens is 428 g/mol. The second-order valence-corrected chi connectivity index (χ2v) is 7.76. The number of carbonyl (C=O) groups excluding carboxylic acids is 3. The minimum Gasteiger partial charge on any atom is -0.357 e. The Morgan fingerprint density at radius 1 is 1.10 bits per heavy atom. The lowest BCUT2D eigenvalue weighted by molar-refractivity contribution is -0.132. The van der Waals surface area contributed by atoms with Gasteiger partial charge in [0.05, 0.1) is 5.92 Å². The van der Waals surface area contributed by atoms with E-state index in [0.717, 1.165) is 12.1 Å². The van der Waals surface area contributed by atoms with Crippen LogP contribution in [0.1, 0.15) is 34.8 Å². The fraction of sp³-hybridized carbons (Fsp3) is 0.318. The van der Waals surface area contributed by atoms with Crippen LogP contribution in [-0.4, -0.2) is 42.8 Å². The van der Waals surface area contributed by atoms with Crippen LogP contribution < -0.4 is 10.6 Å². The number of piperidine rings is 1. The molecule has 6 nitrogen and oxygen atoms in total. The van der Waals surface area contributed by atoms with Crippen LogP contribution in [0.4, 0.5) is 8.78 Å². The molecule has 1 heterocycles. The maximum atomic E-state index is 13.7. The van der Waals surface area contributed by atoms with Gasteiger partial charge in [0.1, 0.15) is 6.04 Å². The maximum absolute atomic E-state index is 13.7. The second-order valence-electron chi connectivity index (χ2n) is 7.33. The molecule has 9 heteroatoms. The zero-order chi connectivity index (χ0) is 22.5. The SMILES string of the molecule is CNC(=O)C(NC(=O)C1CCCN(C(=O)c2ccc(Cl)cc2)C1)c1ccc(F)c(F)c1. The van der Waals surface area contributed by atoms with Crippen molar-refractivity contribution in [1.29, 1.82) is 0 Å². The van der Waals surface area contributed by atoms with Gasteiger partial charge < -0.3 is 15.5 Å². The van der Waals surface area contributed by atoms with Gasteiger partial charge in [0.15, 0.2) is 11.6 Å². The zero-order valence-electron chi connectivity index (χ0n) is 16.8. The molecule has 0 aliphatic carbocycles. The summed E-state index contributed by atoms with van der Waals surface area (Å²) >= 11 is 5.87. The number of halogens is 3. The van der Waals surface area contributed by atoms with Gasteiger partial charge in [-0.25, -0.2) is 8.78 Å². The van der Waals surface area contributed by atoms with E-state index in [0.29, 0.717) is 30.0 Å². The maximum Gasteiger partial charge on any atom is 0.253 e. The van der Waals surface area contributed by atoms with Crippen molar-refractivity contribution >= 4 is 29.3 Å². The number of carbonyl (C=O) groups is 3. The third-order valence-corrected chi connectivity index (χ3v) is 5.49. The van der Waals surface area contributed by atoms with Gasteiger partial charge in [0.25, 0.3) is 5.91 Å². The van der Waals surface area contributed by atoms with Crippen molar-refractivity contribution in [3.63, 3.8) is 0 Å². The summed E-state index contributed by atoms with van der Waals surface area (Å²) in [5, 5.41) is 5.54. The Bertz CT molecular complexity index is 984. The molecule has 3 amide bonds. The van der Waals surface area contributed by atoms with Gasteiger partial charge in [-0.3, -0.25) is 14.4 Å². The van der Waals surface area contributed by atoms with E-state index in [1.165, 1.54) is 13.1 Å². The van der Waals surface area contributed by atoms with Gasteiger partial charge in [-0.05, 0) is 54.8 Å². The Balaban J connectivity index is 1.72. The van der Waals surface area contributed by atoms with Gasteiger partial charge >= 0.3 is 0 Å². The number of nitrogens with zero attached hydrogens (tertiary/aromatic N) is 1. The molecule has 2 aromatic rings. The van der Waals surface area contributed by atoms with Crippen LogP contribution in [-0.2, 0) is 9.59 Å². The first-order chi connectivity index (χ1) is 14.8. The number of hydrogen-bond donors (Lipinski definition) is 2. The van der Waals surface area contributed by atoms with Crippen molar-refractivity contribution < 1.29 is 23.2 Å². The number of likely N-dealkylation sites (N-methyl/N-ethyl adjacent to an activating group) is 1. The Morgan fingerprint density at radius 3 is 2.45 bits per heavy atom. The Kier molecular flexibility index (Phi) is 7.22. The molecule has 0 aromatic heterocycles. The fourth-order valence-electron chi connectivity index (χ4n) is 3.55. The van der Waals surface area contributed by atoms with Gasteiger partial charge in [-0.2, -0.15) is 0 Å². The van der Waals surface area contributed by atoms with E-state index in [-0.39, 0.29) is 18.0 Å². The molecule has 2 N–H and O–H groups in total. The van der Waals surface area contributed by atoms with E-state index in [9.17, 15) is 23.2 Å². The van der Waals surface area contributed by atoms with Crippen molar-refractivity contribution in [2.75, 3.05) is 20.1 Å². The molecule has 164 valence electrons. The molecule has 1 fully saturated rings. The molecular formula is C22H22ClF2N3O3. The van der Waals surface area contributed by atoms with Gasteiger partial charge in [0, 0.05) is 30.7 Å². The van der Waals surface area contributed by atoms with Crippen molar-refractivity contribution in [3.05, 3.63) is 70.2 Å². The van der Waals surface area contributed by atoms with Gasteiger partial charge in [0.2, 0.25) is 11.8 Å². The van der Waals surface area contributed by atoms with Crippen LogP contribution in [0.5, 0.6) is 0 Å². The van der Waals surface area contributed by atoms with E-state index >= 15 is 0 Å². The number of amides is 3. The summed E-state index contributed by atoms with van der Waals surface area (Å²) in [6.45, 7) is 0.693. The summed E-state index contributed by atoms with van der Waals surface area (Å²) in [6.07, 6.45) is 1.15. The Morgan fingerprint density at radius 2 is 1.81 bits per heavy atom. The largest absolute Gasteiger partial charge is 0.357 e. The highest BCUT2D eigenvalue weighted by Gasteiger charge is 2.32. The molecule has 0 saturated carbocycles. The number of likely N-dealkylation sites (tertiary alicyclic amines) is 1. The topological polar surface area (TPSA) is 78.5 Å². The summed E-state index contributed by atoms with van der Waals surface area (Å²) in [5.74, 6) is -3.91. The molecule has 2 aromatic carbocycles. The van der Waals surface area contributed by atoms with Crippen molar-refractivity contribution in [3.8, 4) is 0 Å². The molecule has 0 radical (unpaired) electrons. The minimum absolute atomic E-state index is 0.122. The average molecular weight is 450 g/mol. The highest BCUT2D eigenvalue weighted by atomic mass is 35.5. The third-order valence-electron chi connectivity index (χ3n) is 5.24. The lowest BCUT2D eigenvalue weighted by Gasteiger charge is -2.33. The monoisotopic (exact) mass is 449 g/mol. The smallest absolute Gasteiger partial charge is 0.253 e. The van der Waals surface area contributed by atoms with Crippen LogP contribution in [0, 0.1) is 17.6 Å². The molecule has 0 bridgehead atoms. The number of hydrogen-bond acceptors (Lipinski definition) is 3. The molecule has 31 heavy (non-hydrogen) atoms. The van der Waals surface area contributed by atoms with Crippen LogP contribution in [0.3, 0.4) is 0 Å². The fourth-order valence-corrected chi connectivity index (χ4v) is 3.67. The first-order valence-electron chi connectivity index (χ1n) is 9.82. The van der Waals surface area contributed by atoms with Crippen molar-refractivity contribution in [2.24, 2.45) is 5.92 Å². The van der Waals surface area contributed by atoms with E-state index in [1.54, 1.807) is 29.2 Å². The van der Waals surface area contributed by atoms with Crippen LogP contribution >= 0.6 is 11.6 Å². The van der Waals surface area contributed by atoms with Gasteiger partial charge in [-0.1, -0.05) is 17.7 Å². The highest BCUT2D eigenvalue weighted by molar-refractivity contribution is 6.30. The van der Waals surface area contributed by atoms with Gasteiger partial charge in [-0.15, -0.1) is 0 Å². The van der Waals surface area contributed by atoms with E-state index in [1.807, 2.05) is 0 Å². The number of rotatable bonds is 5. The van der Waals surface area contributed by atoms with Crippen molar-refractivity contribution in [2.45, 2.75) is 18.9 Å². The van der Waals surface area contributed by atoms with E-state index < -0.39 is 35.4 Å². The summed E-state index contributed by atoms with van der Waals surface area (Å²) < 4.78 is 26.9. The number of nitrogens with one attached hydrogen (secondary N) is 2. The molecule has 3 rings (SSSR count). The molecule has 2 atom stereocenters. The first-order valence-corrected chi connectivity index (χ1v) is 10.2. The normalized spacial score (nSPS) is 17.0. The first kappa shape index (κ1) is 22.7. The van der Waals surface area contributed by atoms with Crippen LogP contribution in [0.2, 0.25) is 5.02 Å². The lowest BCUT2D eigenvalue weighted by atomic mass is 9.95. The summed E-state index contributed by atoms with van der Waals surface area (Å²) in [7, 11) is 1.38. The molecule has 1 aliphatic heterocycles. The predicted octanol–water partition coefficient (Wildman–Crippen LogP) is 3.07. The average Bonchev–Trinajstić information content (AvgIpc) is 2.79. The standard InChI is InChI=1S/C22H22ClF2N3O3/c1-26-21(30)19(14-6-9-17(24)18(25)11-14)27-20(29)15-3-2-10-28(12-15)22(31)13-4-7-16(23)8-5-13/h4-9,11,15,19H,2-3,10,12H2,1H3,(H,26,30)(H,27,29). The quantitative estimate of drug-likeness (QED) is 0.736. The minimum atomic E-state index is -1.19. The van der Waals surface area contributed by atoms with Crippen LogP contribution in [0.25, 0.3) is 0 Å². The molecule has 1 saturated heterocycles. The summed E-state index contributed by atoms with van der Waals surface area (Å²) in [6, 6.07) is 8.34. The predicted molar refractivity (Wildman–Crippen MR) is 111 cm³/mol. The van der Waals surface area contributed by atoms with Crippen molar-refractivity contribution in [1.82, 2.24) is 15.5 Å². The number of benzene rings is 2. The summed E-state index contributed by atoms with van der Waals surface area (Å²) in [5.41, 5.74) is 0.590. The van der Waals surface area contributed by atoms with Crippen LogP contribution in [0.15, 0.2) is 42.5 Å². The lowest BCUT2D eigenvalue weighted by Crippen LogP contribution is -2.48. The zero-order valence-corrected chi connectivity index (χ0v) is 17.6. The molecule has 1 aliphatic rings. The molecule has 2 unspecified atom stereocenters.